The Hall–Kier alpha value is -0.990. The summed E-state index contributed by atoms with van der Waals surface area (Å²) < 4.78 is 3.20. The van der Waals surface area contributed by atoms with Gasteiger partial charge in [0.25, 0.3) is 0 Å². The lowest BCUT2D eigenvalue weighted by Gasteiger charge is -2.02. The highest BCUT2D eigenvalue weighted by Crippen LogP contribution is 2.30. The molecule has 0 radical (unpaired) electrons. The summed E-state index contributed by atoms with van der Waals surface area (Å²) >= 11 is 11.5. The predicted molar refractivity (Wildman–Crippen MR) is 73.9 cm³/mol. The van der Waals surface area contributed by atoms with Gasteiger partial charge in [0, 0.05) is 10.0 Å². The van der Waals surface area contributed by atoms with Crippen molar-refractivity contribution in [2.24, 2.45) is 5.10 Å². The van der Waals surface area contributed by atoms with Crippen LogP contribution in [0.5, 0.6) is 5.75 Å². The largest absolute Gasteiger partial charge is 0.506 e. The molecule has 0 saturated carbocycles. The molecule has 0 aliphatic carbocycles. The molecule has 2 rings (SSSR count). The Balaban J connectivity index is 2.40. The molecular weight excluding hydrogens is 372 g/mol. The van der Waals surface area contributed by atoms with Gasteiger partial charge in [0.2, 0.25) is 4.77 Å². The third-order valence-electron chi connectivity index (χ3n) is 1.91. The van der Waals surface area contributed by atoms with Crippen LogP contribution in [0.15, 0.2) is 32.5 Å². The van der Waals surface area contributed by atoms with Gasteiger partial charge in [0.15, 0.2) is 0 Å². The van der Waals surface area contributed by atoms with Crippen LogP contribution in [0.25, 0.3) is 0 Å². The third-order valence-corrected chi connectivity index (χ3v) is 3.25. The maximum Gasteiger partial charge on any atom is 0.216 e. The Morgan fingerprint density at radius 3 is 2.88 bits per heavy atom. The molecule has 0 saturated heterocycles. The van der Waals surface area contributed by atoms with E-state index in [2.05, 4.69) is 47.2 Å². The van der Waals surface area contributed by atoms with Crippen LogP contribution in [0.3, 0.4) is 0 Å². The highest BCUT2D eigenvalue weighted by atomic mass is 79.9. The molecular formula is C9H6Br2N4OS. The molecule has 8 heteroatoms. The second-order valence-electron chi connectivity index (χ2n) is 3.08. The van der Waals surface area contributed by atoms with E-state index in [0.29, 0.717) is 14.8 Å². The fourth-order valence-electron chi connectivity index (χ4n) is 1.13. The summed E-state index contributed by atoms with van der Waals surface area (Å²) in [6.45, 7) is 0. The van der Waals surface area contributed by atoms with E-state index in [1.807, 2.05) is 0 Å². The number of aromatic nitrogens is 3. The summed E-state index contributed by atoms with van der Waals surface area (Å²) in [5, 5.41) is 20.2. The summed E-state index contributed by atoms with van der Waals surface area (Å²) in [6, 6.07) is 3.49. The molecule has 88 valence electrons. The molecule has 0 unspecified atom stereocenters. The van der Waals surface area contributed by atoms with Crippen LogP contribution in [-0.2, 0) is 0 Å². The zero-order chi connectivity index (χ0) is 12.4. The Morgan fingerprint density at radius 2 is 2.24 bits per heavy atom. The molecule has 0 aliphatic rings. The number of hydrogen-bond donors (Lipinski definition) is 2. The zero-order valence-electron chi connectivity index (χ0n) is 8.26. The van der Waals surface area contributed by atoms with Crippen molar-refractivity contribution < 1.29 is 5.11 Å². The van der Waals surface area contributed by atoms with Crippen LogP contribution in [0.1, 0.15) is 5.56 Å². The summed E-state index contributed by atoms with van der Waals surface area (Å²) in [5.41, 5.74) is 0.564. The van der Waals surface area contributed by atoms with E-state index < -0.39 is 0 Å². The summed E-state index contributed by atoms with van der Waals surface area (Å²) in [5.74, 6) is 0.118. The van der Waals surface area contributed by atoms with E-state index in [4.69, 9.17) is 12.2 Å². The van der Waals surface area contributed by atoms with Gasteiger partial charge in [0.05, 0.1) is 10.7 Å². The molecule has 1 heterocycles. The van der Waals surface area contributed by atoms with E-state index in [-0.39, 0.29) is 5.75 Å². The Labute approximate surface area is 118 Å². The average molecular weight is 378 g/mol. The van der Waals surface area contributed by atoms with Crippen molar-refractivity contribution in [3.63, 3.8) is 0 Å². The van der Waals surface area contributed by atoms with Gasteiger partial charge >= 0.3 is 0 Å². The van der Waals surface area contributed by atoms with Crippen molar-refractivity contribution in [1.29, 1.82) is 0 Å². The van der Waals surface area contributed by atoms with Gasteiger partial charge < -0.3 is 5.11 Å². The fraction of sp³-hybridized carbons (Fsp3) is 0. The molecule has 2 N–H and O–H groups in total. The maximum atomic E-state index is 9.80. The van der Waals surface area contributed by atoms with Gasteiger partial charge in [-0.25, -0.2) is 0 Å². The maximum absolute atomic E-state index is 9.80. The fourth-order valence-corrected chi connectivity index (χ4v) is 2.54. The van der Waals surface area contributed by atoms with Crippen LogP contribution in [0.4, 0.5) is 0 Å². The van der Waals surface area contributed by atoms with Crippen LogP contribution in [0.2, 0.25) is 0 Å². The number of aromatic hydroxyl groups is 1. The number of aromatic amines is 1. The molecule has 0 bridgehead atoms. The first kappa shape index (κ1) is 12.5. The number of nitrogens with one attached hydrogen (secondary N) is 1. The molecule has 0 amide bonds. The van der Waals surface area contributed by atoms with E-state index >= 15 is 0 Å². The number of nitrogens with zero attached hydrogens (tertiary/aromatic N) is 3. The number of benzene rings is 1. The van der Waals surface area contributed by atoms with Gasteiger partial charge in [-0.05, 0) is 40.3 Å². The van der Waals surface area contributed by atoms with Gasteiger partial charge in [-0.1, -0.05) is 15.9 Å². The van der Waals surface area contributed by atoms with Crippen LogP contribution < -0.4 is 0 Å². The summed E-state index contributed by atoms with van der Waals surface area (Å²) in [6.07, 6.45) is 2.94. The van der Waals surface area contributed by atoms with E-state index in [0.717, 1.165) is 4.47 Å². The molecule has 0 fully saturated rings. The predicted octanol–water partition coefficient (Wildman–Crippen LogP) is 3.05. The first-order valence-corrected chi connectivity index (χ1v) is 6.42. The molecule has 1 aromatic carbocycles. The zero-order valence-corrected chi connectivity index (χ0v) is 12.3. The first-order valence-electron chi connectivity index (χ1n) is 4.42. The van der Waals surface area contributed by atoms with Gasteiger partial charge in [-0.3, -0.25) is 5.10 Å². The number of hydrogen-bond acceptors (Lipinski definition) is 4. The lowest BCUT2D eigenvalue weighted by atomic mass is 10.2. The normalized spacial score (nSPS) is 11.2. The highest BCUT2D eigenvalue weighted by molar-refractivity contribution is 9.11. The Kier molecular flexibility index (Phi) is 3.75. The molecule has 17 heavy (non-hydrogen) atoms. The quantitative estimate of drug-likeness (QED) is 0.624. The van der Waals surface area contributed by atoms with Crippen molar-refractivity contribution in [2.45, 2.75) is 0 Å². The minimum atomic E-state index is 0.118. The Bertz CT molecular complexity index is 634. The van der Waals surface area contributed by atoms with Crippen molar-refractivity contribution in [3.8, 4) is 5.75 Å². The van der Waals surface area contributed by atoms with Crippen molar-refractivity contribution >= 4 is 50.3 Å². The molecule has 1 aromatic heterocycles. The topological polar surface area (TPSA) is 66.2 Å². The van der Waals surface area contributed by atoms with Crippen LogP contribution in [-0.4, -0.2) is 26.2 Å². The minimum absolute atomic E-state index is 0.118. The van der Waals surface area contributed by atoms with Crippen molar-refractivity contribution in [1.82, 2.24) is 14.9 Å². The second kappa shape index (κ2) is 5.11. The number of H-pyrrole nitrogens is 1. The van der Waals surface area contributed by atoms with Gasteiger partial charge in [-0.2, -0.15) is 14.9 Å². The number of phenolic OH excluding ortho intramolecular Hbond substituents is 1. The standard InChI is InChI=1S/C9H6Br2N4OS/c10-6-1-5(8(16)7(11)2-6)3-13-15-4-12-14-9(15)17/h1-4,16H,(H,14,17). The van der Waals surface area contributed by atoms with E-state index in [1.165, 1.54) is 17.2 Å². The summed E-state index contributed by atoms with van der Waals surface area (Å²) in [7, 11) is 0. The van der Waals surface area contributed by atoms with E-state index in [1.54, 1.807) is 12.1 Å². The molecule has 2 aromatic rings. The third kappa shape index (κ3) is 2.82. The second-order valence-corrected chi connectivity index (χ2v) is 5.23. The molecule has 5 nitrogen and oxygen atoms in total. The van der Waals surface area contributed by atoms with Gasteiger partial charge in [-0.15, -0.1) is 0 Å². The van der Waals surface area contributed by atoms with Crippen molar-refractivity contribution in [2.75, 3.05) is 0 Å². The molecule has 0 atom stereocenters. The molecule has 0 spiro atoms. The monoisotopic (exact) mass is 376 g/mol. The highest BCUT2D eigenvalue weighted by Gasteiger charge is 2.05. The minimum Gasteiger partial charge on any atom is -0.506 e. The lowest BCUT2D eigenvalue weighted by Crippen LogP contribution is -1.90. The number of halogens is 2. The summed E-state index contributed by atoms with van der Waals surface area (Å²) in [4.78, 5) is 0. The van der Waals surface area contributed by atoms with Crippen LogP contribution in [0, 0.1) is 4.77 Å². The number of phenols is 1. The number of rotatable bonds is 2. The SMILES string of the molecule is Oc1c(Br)cc(Br)cc1C=Nn1cn[nH]c1=S. The Morgan fingerprint density at radius 1 is 1.47 bits per heavy atom. The first-order chi connectivity index (χ1) is 8.08. The average Bonchev–Trinajstić information content (AvgIpc) is 2.67. The molecule has 0 aliphatic heterocycles. The van der Waals surface area contributed by atoms with Crippen LogP contribution >= 0.6 is 44.1 Å². The van der Waals surface area contributed by atoms with Crippen molar-refractivity contribution in [3.05, 3.63) is 37.7 Å². The van der Waals surface area contributed by atoms with Gasteiger partial charge in [0.1, 0.15) is 12.1 Å². The smallest absolute Gasteiger partial charge is 0.216 e. The van der Waals surface area contributed by atoms with E-state index in [9.17, 15) is 5.11 Å². The lowest BCUT2D eigenvalue weighted by molar-refractivity contribution is 0.471.